The molecular weight excluding hydrogens is 212 g/mol. The van der Waals surface area contributed by atoms with Crippen LogP contribution < -0.4 is 5.32 Å². The smallest absolute Gasteiger partial charge is 0.0700 e. The highest BCUT2D eigenvalue weighted by molar-refractivity contribution is 4.77. The quantitative estimate of drug-likeness (QED) is 0.794. The summed E-state index contributed by atoms with van der Waals surface area (Å²) < 4.78 is 5.62. The van der Waals surface area contributed by atoms with Crippen LogP contribution in [0.15, 0.2) is 0 Å². The maximum atomic E-state index is 5.62. The predicted molar refractivity (Wildman–Crippen MR) is 71.3 cm³/mol. The van der Waals surface area contributed by atoms with Crippen molar-refractivity contribution in [3.63, 3.8) is 0 Å². The molecule has 2 rings (SSSR count). The van der Waals surface area contributed by atoms with Crippen LogP contribution in [-0.2, 0) is 4.74 Å². The van der Waals surface area contributed by atoms with E-state index in [0.29, 0.717) is 12.1 Å². The molecule has 3 unspecified atom stereocenters. The van der Waals surface area contributed by atoms with Gasteiger partial charge in [0.2, 0.25) is 0 Å². The third-order valence-electron chi connectivity index (χ3n) is 4.15. The normalized spacial score (nSPS) is 32.8. The van der Waals surface area contributed by atoms with E-state index in [1.165, 1.54) is 38.8 Å². The summed E-state index contributed by atoms with van der Waals surface area (Å²) in [6, 6.07) is 0.666. The van der Waals surface area contributed by atoms with Gasteiger partial charge in [-0.05, 0) is 45.1 Å². The molecule has 2 fully saturated rings. The molecule has 0 amide bonds. The zero-order chi connectivity index (χ0) is 12.1. The molecule has 0 radical (unpaired) electrons. The van der Waals surface area contributed by atoms with Crippen LogP contribution in [0.2, 0.25) is 0 Å². The van der Waals surface area contributed by atoms with Crippen LogP contribution in [0.5, 0.6) is 0 Å². The highest BCUT2D eigenvalue weighted by Crippen LogP contribution is 2.17. The molecule has 17 heavy (non-hydrogen) atoms. The average Bonchev–Trinajstić information content (AvgIpc) is 2.82. The van der Waals surface area contributed by atoms with Crippen molar-refractivity contribution in [3.05, 3.63) is 0 Å². The third-order valence-corrected chi connectivity index (χ3v) is 4.15. The van der Waals surface area contributed by atoms with Gasteiger partial charge in [0.15, 0.2) is 0 Å². The molecule has 2 aliphatic heterocycles. The largest absolute Gasteiger partial charge is 0.377 e. The molecule has 0 spiro atoms. The first-order valence-corrected chi connectivity index (χ1v) is 7.32. The van der Waals surface area contributed by atoms with Gasteiger partial charge in [0.1, 0.15) is 0 Å². The molecule has 0 aliphatic carbocycles. The van der Waals surface area contributed by atoms with Crippen molar-refractivity contribution in [3.8, 4) is 0 Å². The maximum absolute atomic E-state index is 5.62. The molecule has 0 aromatic carbocycles. The molecule has 2 heterocycles. The van der Waals surface area contributed by atoms with Gasteiger partial charge in [-0.25, -0.2) is 0 Å². The van der Waals surface area contributed by atoms with E-state index in [1.54, 1.807) is 0 Å². The summed E-state index contributed by atoms with van der Waals surface area (Å²) in [6.45, 7) is 10.4. The van der Waals surface area contributed by atoms with Crippen LogP contribution in [0.1, 0.15) is 39.5 Å². The van der Waals surface area contributed by atoms with E-state index in [0.717, 1.165) is 25.6 Å². The van der Waals surface area contributed by atoms with Gasteiger partial charge < -0.3 is 10.1 Å². The molecule has 0 aromatic rings. The predicted octanol–water partition coefficient (Wildman–Crippen LogP) is 1.88. The summed E-state index contributed by atoms with van der Waals surface area (Å²) in [7, 11) is 0. The third kappa shape index (κ3) is 4.23. The second-order valence-electron chi connectivity index (χ2n) is 5.88. The molecule has 0 aromatic heterocycles. The Morgan fingerprint density at radius 2 is 2.24 bits per heavy atom. The Morgan fingerprint density at radius 3 is 2.94 bits per heavy atom. The van der Waals surface area contributed by atoms with Gasteiger partial charge in [-0.3, -0.25) is 4.90 Å². The lowest BCUT2D eigenvalue weighted by Gasteiger charge is -2.35. The number of ether oxygens (including phenoxy) is 1. The lowest BCUT2D eigenvalue weighted by Crippen LogP contribution is -2.46. The summed E-state index contributed by atoms with van der Waals surface area (Å²) in [6.07, 6.45) is 5.74. The van der Waals surface area contributed by atoms with E-state index < -0.39 is 0 Å². The van der Waals surface area contributed by atoms with Crippen LogP contribution in [0.4, 0.5) is 0 Å². The number of rotatable bonds is 5. The minimum atomic E-state index is 0.475. The van der Waals surface area contributed by atoms with E-state index in [-0.39, 0.29) is 0 Å². The van der Waals surface area contributed by atoms with Crippen molar-refractivity contribution in [2.45, 2.75) is 51.7 Å². The first-order chi connectivity index (χ1) is 8.25. The highest BCUT2D eigenvalue weighted by Gasteiger charge is 2.21. The van der Waals surface area contributed by atoms with Crippen LogP contribution in [-0.4, -0.2) is 49.8 Å². The Morgan fingerprint density at radius 1 is 1.35 bits per heavy atom. The fraction of sp³-hybridized carbons (Fsp3) is 1.00. The summed E-state index contributed by atoms with van der Waals surface area (Å²) in [4.78, 5) is 2.64. The van der Waals surface area contributed by atoms with E-state index >= 15 is 0 Å². The summed E-state index contributed by atoms with van der Waals surface area (Å²) >= 11 is 0. The van der Waals surface area contributed by atoms with Crippen LogP contribution >= 0.6 is 0 Å². The number of likely N-dealkylation sites (tertiary alicyclic amines) is 1. The number of piperidine rings is 1. The van der Waals surface area contributed by atoms with Crippen molar-refractivity contribution < 1.29 is 4.74 Å². The Labute approximate surface area is 106 Å². The van der Waals surface area contributed by atoms with Gasteiger partial charge >= 0.3 is 0 Å². The highest BCUT2D eigenvalue weighted by atomic mass is 16.5. The van der Waals surface area contributed by atoms with Gasteiger partial charge in [-0.1, -0.05) is 6.92 Å². The Kier molecular flexibility index (Phi) is 5.26. The summed E-state index contributed by atoms with van der Waals surface area (Å²) in [5, 5.41) is 3.57. The van der Waals surface area contributed by atoms with Crippen LogP contribution in [0.25, 0.3) is 0 Å². The maximum Gasteiger partial charge on any atom is 0.0700 e. The van der Waals surface area contributed by atoms with Gasteiger partial charge in [0.05, 0.1) is 6.10 Å². The molecule has 2 saturated heterocycles. The summed E-state index contributed by atoms with van der Waals surface area (Å²) in [5.74, 6) is 0.879. The second kappa shape index (κ2) is 6.72. The van der Waals surface area contributed by atoms with Gasteiger partial charge in [-0.15, -0.1) is 0 Å². The minimum absolute atomic E-state index is 0.475. The minimum Gasteiger partial charge on any atom is -0.377 e. The zero-order valence-corrected chi connectivity index (χ0v) is 11.5. The molecular formula is C14H28N2O. The Hall–Kier alpha value is -0.120. The first kappa shape index (κ1) is 13.3. The number of hydrogen-bond donors (Lipinski definition) is 1. The van der Waals surface area contributed by atoms with Crippen molar-refractivity contribution in [2.75, 3.05) is 32.8 Å². The van der Waals surface area contributed by atoms with Gasteiger partial charge in [0.25, 0.3) is 0 Å². The number of nitrogens with one attached hydrogen (secondary N) is 1. The standard InChI is InChI=1S/C14H28N2O/c1-12-5-3-7-16(11-12)13(2)9-15-10-14-6-4-8-17-14/h12-15H,3-11H2,1-2H3. The lowest BCUT2D eigenvalue weighted by molar-refractivity contribution is 0.102. The second-order valence-corrected chi connectivity index (χ2v) is 5.88. The fourth-order valence-corrected chi connectivity index (χ4v) is 3.01. The molecule has 0 saturated carbocycles. The summed E-state index contributed by atoms with van der Waals surface area (Å²) in [5.41, 5.74) is 0. The monoisotopic (exact) mass is 240 g/mol. The van der Waals surface area contributed by atoms with Crippen molar-refractivity contribution >= 4 is 0 Å². The van der Waals surface area contributed by atoms with Crippen molar-refractivity contribution in [1.29, 1.82) is 0 Å². The molecule has 3 nitrogen and oxygen atoms in total. The van der Waals surface area contributed by atoms with Gasteiger partial charge in [-0.2, -0.15) is 0 Å². The van der Waals surface area contributed by atoms with Crippen molar-refractivity contribution in [1.82, 2.24) is 10.2 Å². The number of nitrogens with zero attached hydrogens (tertiary/aromatic N) is 1. The Balaban J connectivity index is 1.60. The molecule has 1 N–H and O–H groups in total. The molecule has 3 heteroatoms. The fourth-order valence-electron chi connectivity index (χ4n) is 3.01. The van der Waals surface area contributed by atoms with E-state index in [4.69, 9.17) is 4.74 Å². The topological polar surface area (TPSA) is 24.5 Å². The van der Waals surface area contributed by atoms with Crippen LogP contribution in [0.3, 0.4) is 0 Å². The number of hydrogen-bond acceptors (Lipinski definition) is 3. The SMILES string of the molecule is CC1CCCN(C(C)CNCC2CCCO2)C1. The molecule has 100 valence electrons. The van der Waals surface area contributed by atoms with Crippen LogP contribution in [0, 0.1) is 5.92 Å². The first-order valence-electron chi connectivity index (χ1n) is 7.32. The lowest BCUT2D eigenvalue weighted by atomic mass is 9.99. The molecule has 0 bridgehead atoms. The van der Waals surface area contributed by atoms with E-state index in [2.05, 4.69) is 24.1 Å². The zero-order valence-electron chi connectivity index (χ0n) is 11.5. The van der Waals surface area contributed by atoms with E-state index in [9.17, 15) is 0 Å². The van der Waals surface area contributed by atoms with Gasteiger partial charge in [0, 0.05) is 32.3 Å². The molecule has 3 atom stereocenters. The molecule has 2 aliphatic rings. The Bertz CT molecular complexity index is 216. The van der Waals surface area contributed by atoms with E-state index in [1.807, 2.05) is 0 Å². The van der Waals surface area contributed by atoms with Crippen molar-refractivity contribution in [2.24, 2.45) is 5.92 Å². The average molecular weight is 240 g/mol.